The summed E-state index contributed by atoms with van der Waals surface area (Å²) in [6.45, 7) is 1.02. The van der Waals surface area contributed by atoms with Crippen molar-refractivity contribution in [3.05, 3.63) is 65.0 Å². The second-order valence-corrected chi connectivity index (χ2v) is 5.51. The van der Waals surface area contributed by atoms with Gasteiger partial charge in [-0.25, -0.2) is 0 Å². The Morgan fingerprint density at radius 3 is 2.79 bits per heavy atom. The molecule has 96 valence electrons. The minimum atomic E-state index is 1.02. The van der Waals surface area contributed by atoms with Crippen LogP contribution in [0.4, 0.5) is 0 Å². The third-order valence-corrected chi connectivity index (χ3v) is 3.98. The second kappa shape index (κ2) is 5.57. The van der Waals surface area contributed by atoms with Crippen LogP contribution in [0.1, 0.15) is 12.0 Å². The molecule has 3 heteroatoms. The first-order chi connectivity index (χ1) is 9.34. The Morgan fingerprint density at radius 1 is 1.11 bits per heavy atom. The molecule has 19 heavy (non-hydrogen) atoms. The monoisotopic (exact) mass is 314 g/mol. The summed E-state index contributed by atoms with van der Waals surface area (Å²) in [5, 5.41) is 1.23. The van der Waals surface area contributed by atoms with Gasteiger partial charge in [0, 0.05) is 28.8 Å². The van der Waals surface area contributed by atoms with E-state index in [0.29, 0.717) is 0 Å². The van der Waals surface area contributed by atoms with Gasteiger partial charge in [0.15, 0.2) is 0 Å². The SMILES string of the molecule is Brc1cn(CCCc2ccccc2)c2cnccc12. The minimum Gasteiger partial charge on any atom is -0.345 e. The van der Waals surface area contributed by atoms with Crippen LogP contribution in [0.15, 0.2) is 59.5 Å². The Hall–Kier alpha value is -1.61. The maximum absolute atomic E-state index is 4.21. The van der Waals surface area contributed by atoms with Gasteiger partial charge in [0.2, 0.25) is 0 Å². The molecule has 0 bridgehead atoms. The molecule has 0 N–H and O–H groups in total. The molecular formula is C16H15BrN2. The molecule has 1 aromatic carbocycles. The second-order valence-electron chi connectivity index (χ2n) is 4.65. The van der Waals surface area contributed by atoms with E-state index in [1.165, 1.54) is 16.5 Å². The van der Waals surface area contributed by atoms with E-state index in [1.54, 1.807) is 0 Å². The standard InChI is InChI=1S/C16H15BrN2/c17-15-12-19(16-11-18-9-8-14(15)16)10-4-7-13-5-2-1-3-6-13/h1-3,5-6,8-9,11-12H,4,7,10H2. The first-order valence-electron chi connectivity index (χ1n) is 6.47. The number of aryl methyl sites for hydroxylation is 2. The van der Waals surface area contributed by atoms with Gasteiger partial charge in [0.25, 0.3) is 0 Å². The van der Waals surface area contributed by atoms with Crippen molar-refractivity contribution in [2.75, 3.05) is 0 Å². The normalized spacial score (nSPS) is 11.0. The van der Waals surface area contributed by atoms with Crippen LogP contribution in [0.5, 0.6) is 0 Å². The molecule has 2 aromatic heterocycles. The van der Waals surface area contributed by atoms with Crippen molar-refractivity contribution < 1.29 is 0 Å². The van der Waals surface area contributed by atoms with Crippen molar-refractivity contribution in [3.63, 3.8) is 0 Å². The molecule has 0 fully saturated rings. The van der Waals surface area contributed by atoms with Crippen LogP contribution in [0, 0.1) is 0 Å². The third-order valence-electron chi connectivity index (χ3n) is 3.34. The molecule has 3 rings (SSSR count). The predicted octanol–water partition coefficient (Wildman–Crippen LogP) is 4.43. The van der Waals surface area contributed by atoms with Gasteiger partial charge in [0.1, 0.15) is 0 Å². The van der Waals surface area contributed by atoms with E-state index >= 15 is 0 Å². The van der Waals surface area contributed by atoms with Gasteiger partial charge >= 0.3 is 0 Å². The van der Waals surface area contributed by atoms with Crippen LogP contribution in [0.25, 0.3) is 10.9 Å². The van der Waals surface area contributed by atoms with Crippen molar-refractivity contribution in [2.45, 2.75) is 19.4 Å². The first-order valence-corrected chi connectivity index (χ1v) is 7.26. The van der Waals surface area contributed by atoms with Crippen molar-refractivity contribution in [2.24, 2.45) is 0 Å². The van der Waals surface area contributed by atoms with Crippen LogP contribution in [0.3, 0.4) is 0 Å². The van der Waals surface area contributed by atoms with Gasteiger partial charge in [-0.05, 0) is 40.4 Å². The highest BCUT2D eigenvalue weighted by Crippen LogP contribution is 2.25. The zero-order valence-corrected chi connectivity index (χ0v) is 12.2. The Labute approximate surface area is 121 Å². The maximum Gasteiger partial charge on any atom is 0.0678 e. The summed E-state index contributed by atoms with van der Waals surface area (Å²) in [6, 6.07) is 12.7. The number of pyridine rings is 1. The van der Waals surface area contributed by atoms with Crippen molar-refractivity contribution in [3.8, 4) is 0 Å². The van der Waals surface area contributed by atoms with Crippen molar-refractivity contribution in [1.29, 1.82) is 0 Å². The summed E-state index contributed by atoms with van der Waals surface area (Å²) < 4.78 is 3.42. The number of hydrogen-bond acceptors (Lipinski definition) is 1. The Bertz CT molecular complexity index is 674. The number of fused-ring (bicyclic) bond motifs is 1. The van der Waals surface area contributed by atoms with E-state index in [-0.39, 0.29) is 0 Å². The van der Waals surface area contributed by atoms with E-state index in [1.807, 2.05) is 18.5 Å². The summed E-state index contributed by atoms with van der Waals surface area (Å²) in [7, 11) is 0. The van der Waals surface area contributed by atoms with E-state index in [9.17, 15) is 0 Å². The number of aromatic nitrogens is 2. The quantitative estimate of drug-likeness (QED) is 0.696. The Morgan fingerprint density at radius 2 is 1.95 bits per heavy atom. The van der Waals surface area contributed by atoms with E-state index in [0.717, 1.165) is 23.9 Å². The van der Waals surface area contributed by atoms with Crippen LogP contribution in [-0.4, -0.2) is 9.55 Å². The van der Waals surface area contributed by atoms with E-state index in [4.69, 9.17) is 0 Å². The van der Waals surface area contributed by atoms with E-state index in [2.05, 4.69) is 62.0 Å². The molecule has 0 unspecified atom stereocenters. The number of rotatable bonds is 4. The summed E-state index contributed by atoms with van der Waals surface area (Å²) in [6.07, 6.45) is 8.16. The summed E-state index contributed by atoms with van der Waals surface area (Å²) in [4.78, 5) is 4.21. The van der Waals surface area contributed by atoms with Gasteiger partial charge in [-0.1, -0.05) is 30.3 Å². The molecule has 0 radical (unpaired) electrons. The molecule has 0 aliphatic rings. The lowest BCUT2D eigenvalue weighted by Gasteiger charge is -2.05. The summed E-state index contributed by atoms with van der Waals surface area (Å²) >= 11 is 3.61. The largest absolute Gasteiger partial charge is 0.345 e. The number of nitrogens with zero attached hydrogens (tertiary/aromatic N) is 2. The molecule has 0 aliphatic carbocycles. The molecular weight excluding hydrogens is 300 g/mol. The van der Waals surface area contributed by atoms with Crippen molar-refractivity contribution in [1.82, 2.24) is 9.55 Å². The van der Waals surface area contributed by atoms with Crippen LogP contribution < -0.4 is 0 Å². The highest BCUT2D eigenvalue weighted by Gasteiger charge is 2.05. The fourth-order valence-electron chi connectivity index (χ4n) is 2.38. The minimum absolute atomic E-state index is 1.02. The number of benzene rings is 1. The smallest absolute Gasteiger partial charge is 0.0678 e. The molecule has 3 aromatic rings. The van der Waals surface area contributed by atoms with Gasteiger partial charge < -0.3 is 4.57 Å². The van der Waals surface area contributed by atoms with E-state index < -0.39 is 0 Å². The Balaban J connectivity index is 1.72. The lowest BCUT2D eigenvalue weighted by molar-refractivity contribution is 0.661. The average molecular weight is 315 g/mol. The predicted molar refractivity (Wildman–Crippen MR) is 82.2 cm³/mol. The highest BCUT2D eigenvalue weighted by molar-refractivity contribution is 9.10. The summed E-state index contributed by atoms with van der Waals surface area (Å²) in [5.41, 5.74) is 2.60. The Kier molecular flexibility index (Phi) is 3.65. The van der Waals surface area contributed by atoms with Crippen LogP contribution in [-0.2, 0) is 13.0 Å². The molecule has 0 spiro atoms. The maximum atomic E-state index is 4.21. The van der Waals surface area contributed by atoms with Gasteiger partial charge in [-0.15, -0.1) is 0 Å². The average Bonchev–Trinajstić information content (AvgIpc) is 2.78. The van der Waals surface area contributed by atoms with Crippen molar-refractivity contribution >= 4 is 26.8 Å². The molecule has 0 aliphatic heterocycles. The lowest BCUT2D eigenvalue weighted by Crippen LogP contribution is -1.98. The van der Waals surface area contributed by atoms with Gasteiger partial charge in [0.05, 0.1) is 11.7 Å². The fraction of sp³-hybridized carbons (Fsp3) is 0.188. The molecule has 0 atom stereocenters. The molecule has 2 heterocycles. The fourth-order valence-corrected chi connectivity index (χ4v) is 2.96. The van der Waals surface area contributed by atoms with Gasteiger partial charge in [-0.2, -0.15) is 0 Å². The van der Waals surface area contributed by atoms with Gasteiger partial charge in [-0.3, -0.25) is 4.98 Å². The topological polar surface area (TPSA) is 17.8 Å². The summed E-state index contributed by atoms with van der Waals surface area (Å²) in [5.74, 6) is 0. The zero-order chi connectivity index (χ0) is 13.1. The molecule has 0 saturated heterocycles. The number of hydrogen-bond donors (Lipinski definition) is 0. The lowest BCUT2D eigenvalue weighted by atomic mass is 10.1. The first kappa shape index (κ1) is 12.4. The highest BCUT2D eigenvalue weighted by atomic mass is 79.9. The van der Waals surface area contributed by atoms with Crippen LogP contribution in [0.2, 0.25) is 0 Å². The molecule has 0 amide bonds. The zero-order valence-electron chi connectivity index (χ0n) is 10.6. The third kappa shape index (κ3) is 2.71. The number of halogens is 1. The van der Waals surface area contributed by atoms with Crippen LogP contribution >= 0.6 is 15.9 Å². The molecule has 2 nitrogen and oxygen atoms in total. The molecule has 0 saturated carbocycles.